The van der Waals surface area contributed by atoms with E-state index in [9.17, 15) is 9.18 Å². The van der Waals surface area contributed by atoms with Crippen LogP contribution in [-0.2, 0) is 19.3 Å². The van der Waals surface area contributed by atoms with E-state index >= 15 is 0 Å². The van der Waals surface area contributed by atoms with E-state index < -0.39 is 11.7 Å². The van der Waals surface area contributed by atoms with Gasteiger partial charge in [-0.2, -0.15) is 0 Å². The summed E-state index contributed by atoms with van der Waals surface area (Å²) in [4.78, 5) is 16.3. The zero-order chi connectivity index (χ0) is 17.6. The number of thioether (sulfide) groups is 1. The number of aromatic nitrogens is 4. The topological polar surface area (TPSA) is 72.7 Å². The molecule has 0 bridgehead atoms. The number of pyridine rings is 1. The first kappa shape index (κ1) is 17.1. The molecule has 25 heavy (non-hydrogen) atoms. The fraction of sp³-hybridized carbons (Fsp3) is 0.176. The smallest absolute Gasteiger partial charge is 0.254 e. The van der Waals surface area contributed by atoms with Gasteiger partial charge in [0.1, 0.15) is 5.82 Å². The molecular formula is C17H16FN5OS. The van der Waals surface area contributed by atoms with Gasteiger partial charge in [0.05, 0.1) is 17.8 Å². The molecule has 2 heterocycles. The van der Waals surface area contributed by atoms with Gasteiger partial charge in [-0.15, -0.1) is 10.2 Å². The number of carbonyl (C=O) groups is 1. The van der Waals surface area contributed by atoms with Crippen LogP contribution in [-0.4, -0.2) is 25.7 Å². The first-order valence-corrected chi connectivity index (χ1v) is 8.57. The van der Waals surface area contributed by atoms with Gasteiger partial charge in [0.15, 0.2) is 11.0 Å². The molecule has 0 aliphatic rings. The monoisotopic (exact) mass is 357 g/mol. The second kappa shape index (κ2) is 7.89. The molecule has 0 aliphatic carbocycles. The highest BCUT2D eigenvalue weighted by atomic mass is 32.2. The lowest BCUT2D eigenvalue weighted by Crippen LogP contribution is -2.25. The number of nitrogens with zero attached hydrogens (tertiary/aromatic N) is 4. The van der Waals surface area contributed by atoms with Crippen LogP contribution in [0.4, 0.5) is 4.39 Å². The number of amides is 1. The molecule has 0 atom stereocenters. The summed E-state index contributed by atoms with van der Waals surface area (Å²) in [5, 5.41) is 11.6. The van der Waals surface area contributed by atoms with Crippen LogP contribution < -0.4 is 5.32 Å². The minimum atomic E-state index is -0.551. The Balaban J connectivity index is 1.60. The third-order valence-electron chi connectivity index (χ3n) is 3.53. The maximum absolute atomic E-state index is 13.6. The van der Waals surface area contributed by atoms with E-state index in [1.165, 1.54) is 23.9 Å². The van der Waals surface area contributed by atoms with E-state index in [0.717, 1.165) is 10.9 Å². The van der Waals surface area contributed by atoms with Gasteiger partial charge < -0.3 is 9.88 Å². The Morgan fingerprint density at radius 2 is 2.00 bits per heavy atom. The van der Waals surface area contributed by atoms with Gasteiger partial charge in [0.2, 0.25) is 0 Å². The van der Waals surface area contributed by atoms with Crippen LogP contribution in [0, 0.1) is 5.82 Å². The molecule has 0 aliphatic heterocycles. The molecule has 2 aromatic heterocycles. The van der Waals surface area contributed by atoms with Crippen molar-refractivity contribution in [3.8, 4) is 0 Å². The summed E-state index contributed by atoms with van der Waals surface area (Å²) in [6, 6.07) is 11.6. The lowest BCUT2D eigenvalue weighted by Gasteiger charge is -2.06. The molecule has 0 radical (unpaired) electrons. The highest BCUT2D eigenvalue weighted by Crippen LogP contribution is 2.19. The van der Waals surface area contributed by atoms with Crippen LogP contribution in [0.15, 0.2) is 53.8 Å². The fourth-order valence-corrected chi connectivity index (χ4v) is 2.99. The summed E-state index contributed by atoms with van der Waals surface area (Å²) in [6.45, 7) is 0.167. The number of hydrogen-bond acceptors (Lipinski definition) is 5. The van der Waals surface area contributed by atoms with Gasteiger partial charge in [0.25, 0.3) is 5.91 Å². The van der Waals surface area contributed by atoms with Crippen molar-refractivity contribution in [2.24, 2.45) is 7.05 Å². The molecule has 3 rings (SSSR count). The molecule has 3 aromatic rings. The van der Waals surface area contributed by atoms with E-state index in [0.29, 0.717) is 11.6 Å². The number of hydrogen-bond donors (Lipinski definition) is 1. The maximum Gasteiger partial charge on any atom is 0.254 e. The molecule has 1 aromatic carbocycles. The van der Waals surface area contributed by atoms with Crippen LogP contribution in [0.1, 0.15) is 21.9 Å². The molecule has 0 unspecified atom stereocenters. The number of halogens is 1. The summed E-state index contributed by atoms with van der Waals surface area (Å²) in [5.41, 5.74) is 0.958. The van der Waals surface area contributed by atoms with Crippen LogP contribution in [0.3, 0.4) is 0 Å². The average molecular weight is 357 g/mol. The number of carbonyl (C=O) groups excluding carboxylic acids is 1. The molecule has 6 nitrogen and oxygen atoms in total. The Bertz CT molecular complexity index is 868. The second-order valence-electron chi connectivity index (χ2n) is 5.23. The second-order valence-corrected chi connectivity index (χ2v) is 6.17. The SMILES string of the molecule is Cn1c(CNC(=O)c2ccccc2F)nnc1SCc1ccccn1. The molecule has 0 saturated heterocycles. The molecule has 1 amide bonds. The Morgan fingerprint density at radius 1 is 1.20 bits per heavy atom. The number of benzene rings is 1. The van der Waals surface area contributed by atoms with E-state index in [4.69, 9.17) is 0 Å². The summed E-state index contributed by atoms with van der Waals surface area (Å²) < 4.78 is 15.4. The zero-order valence-corrected chi connectivity index (χ0v) is 14.3. The van der Waals surface area contributed by atoms with Crippen LogP contribution in [0.2, 0.25) is 0 Å². The maximum atomic E-state index is 13.6. The lowest BCUT2D eigenvalue weighted by molar-refractivity contribution is 0.0945. The van der Waals surface area contributed by atoms with Crippen molar-refractivity contribution in [1.29, 1.82) is 0 Å². The van der Waals surface area contributed by atoms with Crippen LogP contribution >= 0.6 is 11.8 Å². The average Bonchev–Trinajstić information content (AvgIpc) is 2.99. The first-order chi connectivity index (χ1) is 12.1. The van der Waals surface area contributed by atoms with Gasteiger partial charge in [-0.3, -0.25) is 9.78 Å². The van der Waals surface area contributed by atoms with Crippen molar-refractivity contribution in [3.05, 3.63) is 71.6 Å². The predicted molar refractivity (Wildman–Crippen MR) is 92.4 cm³/mol. The van der Waals surface area contributed by atoms with E-state index in [1.54, 1.807) is 22.9 Å². The quantitative estimate of drug-likeness (QED) is 0.687. The Kier molecular flexibility index (Phi) is 5.39. The van der Waals surface area contributed by atoms with Gasteiger partial charge in [-0.05, 0) is 24.3 Å². The summed E-state index contributed by atoms with van der Waals surface area (Å²) in [7, 11) is 1.82. The Labute approximate surface area is 148 Å². The van der Waals surface area contributed by atoms with Crippen LogP contribution in [0.25, 0.3) is 0 Å². The van der Waals surface area contributed by atoms with Gasteiger partial charge in [0, 0.05) is 19.0 Å². The number of nitrogens with one attached hydrogen (secondary N) is 1. The fourth-order valence-electron chi connectivity index (χ4n) is 2.15. The van der Waals surface area contributed by atoms with E-state index in [1.807, 2.05) is 25.2 Å². The third-order valence-corrected chi connectivity index (χ3v) is 4.58. The minimum Gasteiger partial charge on any atom is -0.345 e. The summed E-state index contributed by atoms with van der Waals surface area (Å²) in [5.74, 6) is 0.232. The molecule has 0 saturated carbocycles. The Morgan fingerprint density at radius 3 is 2.76 bits per heavy atom. The van der Waals surface area contributed by atoms with Gasteiger partial charge >= 0.3 is 0 Å². The molecular weight excluding hydrogens is 341 g/mol. The molecule has 8 heteroatoms. The molecule has 128 valence electrons. The van der Waals surface area contributed by atoms with Crippen molar-refractivity contribution in [1.82, 2.24) is 25.1 Å². The Hall–Kier alpha value is -2.74. The largest absolute Gasteiger partial charge is 0.345 e. The predicted octanol–water partition coefficient (Wildman–Crippen LogP) is 2.57. The number of rotatable bonds is 6. The van der Waals surface area contributed by atoms with Crippen molar-refractivity contribution in [2.45, 2.75) is 17.5 Å². The molecule has 0 spiro atoms. The summed E-state index contributed by atoms with van der Waals surface area (Å²) in [6.07, 6.45) is 1.75. The van der Waals surface area contributed by atoms with Gasteiger partial charge in [-0.25, -0.2) is 4.39 Å². The van der Waals surface area contributed by atoms with E-state index in [2.05, 4.69) is 20.5 Å². The summed E-state index contributed by atoms with van der Waals surface area (Å²) >= 11 is 1.51. The van der Waals surface area contributed by atoms with Crippen molar-refractivity contribution >= 4 is 17.7 Å². The minimum absolute atomic E-state index is 0.00872. The molecule has 0 fully saturated rings. The first-order valence-electron chi connectivity index (χ1n) is 7.59. The van der Waals surface area contributed by atoms with Crippen molar-refractivity contribution in [2.75, 3.05) is 0 Å². The van der Waals surface area contributed by atoms with E-state index in [-0.39, 0.29) is 12.1 Å². The van der Waals surface area contributed by atoms with Crippen molar-refractivity contribution in [3.63, 3.8) is 0 Å². The highest BCUT2D eigenvalue weighted by Gasteiger charge is 2.13. The standard InChI is InChI=1S/C17H16FN5OS/c1-23-15(10-20-16(24)13-7-2-3-8-14(13)18)21-22-17(23)25-11-12-6-4-5-9-19-12/h2-9H,10-11H2,1H3,(H,20,24). The zero-order valence-electron chi connectivity index (χ0n) is 13.5. The normalized spacial score (nSPS) is 10.6. The lowest BCUT2D eigenvalue weighted by atomic mass is 10.2. The third kappa shape index (κ3) is 4.21. The van der Waals surface area contributed by atoms with Crippen molar-refractivity contribution < 1.29 is 9.18 Å². The van der Waals surface area contributed by atoms with Gasteiger partial charge in [-0.1, -0.05) is 30.0 Å². The molecule has 1 N–H and O–H groups in total. The highest BCUT2D eigenvalue weighted by molar-refractivity contribution is 7.98. The van der Waals surface area contributed by atoms with Crippen LogP contribution in [0.5, 0.6) is 0 Å².